The second kappa shape index (κ2) is 8.25. The third-order valence-corrected chi connectivity index (χ3v) is 7.59. The maximum atomic E-state index is 13.4. The second-order valence-electron chi connectivity index (χ2n) is 9.12. The Bertz CT molecular complexity index is 749. The number of hydrogen-bond acceptors (Lipinski definition) is 5. The fraction of sp³-hybridized carbons (Fsp3) is 0.696. The van der Waals surface area contributed by atoms with Crippen LogP contribution in [0.4, 0.5) is 0 Å². The molecule has 3 atom stereocenters. The molecule has 6 nitrogen and oxygen atoms in total. The van der Waals surface area contributed by atoms with Crippen molar-refractivity contribution in [2.24, 2.45) is 11.3 Å². The summed E-state index contributed by atoms with van der Waals surface area (Å²) in [5.74, 6) is 1.71. The number of carbonyl (C=O) groups is 1. The van der Waals surface area contributed by atoms with Crippen LogP contribution in [0.1, 0.15) is 36.8 Å². The van der Waals surface area contributed by atoms with E-state index >= 15 is 0 Å². The van der Waals surface area contributed by atoms with Crippen LogP contribution in [0.15, 0.2) is 18.2 Å². The minimum Gasteiger partial charge on any atom is -0.493 e. The van der Waals surface area contributed by atoms with Crippen molar-refractivity contribution in [3.05, 3.63) is 29.3 Å². The van der Waals surface area contributed by atoms with Gasteiger partial charge < -0.3 is 20.1 Å². The van der Waals surface area contributed by atoms with Gasteiger partial charge in [0.1, 0.15) is 5.75 Å². The van der Waals surface area contributed by atoms with Crippen LogP contribution < -0.4 is 15.4 Å². The maximum Gasteiger partial charge on any atom is 0.228 e. The first-order chi connectivity index (χ1) is 14.2. The van der Waals surface area contributed by atoms with Gasteiger partial charge in [-0.1, -0.05) is 12.1 Å². The van der Waals surface area contributed by atoms with Crippen molar-refractivity contribution in [2.45, 2.75) is 44.7 Å². The van der Waals surface area contributed by atoms with Crippen LogP contribution in [0.5, 0.6) is 5.75 Å². The molecule has 2 saturated heterocycles. The summed E-state index contributed by atoms with van der Waals surface area (Å²) >= 11 is 0. The molecule has 0 aromatic heterocycles. The Labute approximate surface area is 173 Å². The van der Waals surface area contributed by atoms with Crippen molar-refractivity contribution in [1.29, 1.82) is 0 Å². The topological polar surface area (TPSA) is 62.8 Å². The van der Waals surface area contributed by atoms with Crippen molar-refractivity contribution in [1.82, 2.24) is 15.5 Å². The number of morpholine rings is 1. The molecule has 0 unspecified atom stereocenters. The van der Waals surface area contributed by atoms with Gasteiger partial charge in [0, 0.05) is 38.6 Å². The summed E-state index contributed by atoms with van der Waals surface area (Å²) in [7, 11) is 0. The van der Waals surface area contributed by atoms with E-state index in [-0.39, 0.29) is 11.3 Å². The molecule has 1 saturated carbocycles. The number of fused-ring (bicyclic) bond motifs is 2. The number of amides is 1. The Morgan fingerprint density at radius 2 is 2.14 bits per heavy atom. The van der Waals surface area contributed by atoms with E-state index < -0.39 is 0 Å². The van der Waals surface area contributed by atoms with E-state index in [2.05, 4.69) is 27.7 Å². The van der Waals surface area contributed by atoms with E-state index in [0.717, 1.165) is 83.9 Å². The summed E-state index contributed by atoms with van der Waals surface area (Å²) in [6, 6.07) is 6.92. The molecule has 5 rings (SSSR count). The lowest BCUT2D eigenvalue weighted by Gasteiger charge is -2.50. The lowest BCUT2D eigenvalue weighted by atomic mass is 9.61. The highest BCUT2D eigenvalue weighted by Crippen LogP contribution is 2.46. The molecule has 29 heavy (non-hydrogen) atoms. The number of piperidine rings is 1. The minimum atomic E-state index is -0.249. The molecule has 1 aromatic carbocycles. The van der Waals surface area contributed by atoms with Crippen LogP contribution in [-0.4, -0.2) is 62.8 Å². The van der Waals surface area contributed by atoms with Gasteiger partial charge in [0.25, 0.3) is 0 Å². The molecule has 1 aromatic rings. The number of benzene rings is 1. The summed E-state index contributed by atoms with van der Waals surface area (Å²) in [6.45, 7) is 6.99. The summed E-state index contributed by atoms with van der Waals surface area (Å²) in [5.41, 5.74) is 2.18. The largest absolute Gasteiger partial charge is 0.493 e. The number of carbonyl (C=O) groups excluding carboxylic acids is 1. The van der Waals surface area contributed by atoms with Crippen molar-refractivity contribution >= 4 is 5.91 Å². The third-order valence-electron chi connectivity index (χ3n) is 7.59. The molecule has 3 aliphatic heterocycles. The van der Waals surface area contributed by atoms with Crippen molar-refractivity contribution < 1.29 is 14.3 Å². The fourth-order valence-corrected chi connectivity index (χ4v) is 5.88. The number of rotatable bonds is 4. The molecule has 3 heterocycles. The van der Waals surface area contributed by atoms with Crippen molar-refractivity contribution in [2.75, 3.05) is 46.0 Å². The zero-order valence-electron chi connectivity index (χ0n) is 17.3. The predicted molar refractivity (Wildman–Crippen MR) is 111 cm³/mol. The van der Waals surface area contributed by atoms with Gasteiger partial charge in [-0.2, -0.15) is 0 Å². The first-order valence-corrected chi connectivity index (χ1v) is 11.3. The molecule has 0 radical (unpaired) electrons. The third kappa shape index (κ3) is 3.78. The first kappa shape index (κ1) is 19.3. The van der Waals surface area contributed by atoms with E-state index in [9.17, 15) is 4.79 Å². The van der Waals surface area contributed by atoms with Crippen LogP contribution in [0.2, 0.25) is 0 Å². The lowest BCUT2D eigenvalue weighted by Crippen LogP contribution is -2.60. The van der Waals surface area contributed by atoms with Gasteiger partial charge >= 0.3 is 0 Å². The zero-order chi connectivity index (χ0) is 19.7. The molecule has 1 amide bonds. The van der Waals surface area contributed by atoms with E-state index in [1.807, 2.05) is 6.07 Å². The molecular formula is C23H33N3O3. The number of nitrogens with zero attached hydrogens (tertiary/aromatic N) is 1. The molecule has 1 aliphatic carbocycles. The Morgan fingerprint density at radius 3 is 3.03 bits per heavy atom. The van der Waals surface area contributed by atoms with Gasteiger partial charge in [0.2, 0.25) is 5.91 Å². The Balaban J connectivity index is 1.25. The van der Waals surface area contributed by atoms with Crippen LogP contribution in [0.3, 0.4) is 0 Å². The normalized spacial score (nSPS) is 32.1. The van der Waals surface area contributed by atoms with Crippen LogP contribution in [0, 0.1) is 11.3 Å². The Hall–Kier alpha value is -1.63. The first-order valence-electron chi connectivity index (χ1n) is 11.3. The van der Waals surface area contributed by atoms with Gasteiger partial charge in [-0.05, 0) is 55.3 Å². The molecule has 6 heteroatoms. The number of hydrogen-bond donors (Lipinski definition) is 2. The predicted octanol–water partition coefficient (Wildman–Crippen LogP) is 1.72. The van der Waals surface area contributed by atoms with Crippen LogP contribution in [0.25, 0.3) is 0 Å². The monoisotopic (exact) mass is 399 g/mol. The van der Waals surface area contributed by atoms with Crippen LogP contribution in [-0.2, 0) is 22.5 Å². The molecule has 3 fully saturated rings. The summed E-state index contributed by atoms with van der Waals surface area (Å²) < 4.78 is 11.1. The minimum absolute atomic E-state index is 0.242. The smallest absolute Gasteiger partial charge is 0.228 e. The summed E-state index contributed by atoms with van der Waals surface area (Å²) in [6.07, 6.45) is 5.31. The molecule has 2 N–H and O–H groups in total. The van der Waals surface area contributed by atoms with Crippen molar-refractivity contribution in [3.8, 4) is 5.75 Å². The molecule has 0 bridgehead atoms. The maximum absolute atomic E-state index is 13.4. The van der Waals surface area contributed by atoms with Gasteiger partial charge in [0.15, 0.2) is 0 Å². The van der Waals surface area contributed by atoms with Gasteiger partial charge in [-0.15, -0.1) is 0 Å². The summed E-state index contributed by atoms with van der Waals surface area (Å²) in [4.78, 5) is 16.0. The molecule has 158 valence electrons. The number of nitrogens with one attached hydrogen (secondary N) is 2. The Morgan fingerprint density at radius 1 is 1.24 bits per heavy atom. The zero-order valence-corrected chi connectivity index (χ0v) is 17.3. The molecule has 0 spiro atoms. The molecule has 4 aliphatic rings. The lowest BCUT2D eigenvalue weighted by molar-refractivity contribution is -0.140. The van der Waals surface area contributed by atoms with E-state index in [4.69, 9.17) is 9.47 Å². The summed E-state index contributed by atoms with van der Waals surface area (Å²) in [5, 5.41) is 6.81. The van der Waals surface area contributed by atoms with Gasteiger partial charge in [0.05, 0.1) is 25.2 Å². The Kier molecular flexibility index (Phi) is 5.50. The highest BCUT2D eigenvalue weighted by Gasteiger charge is 2.50. The van der Waals surface area contributed by atoms with E-state index in [1.54, 1.807) is 0 Å². The van der Waals surface area contributed by atoms with Gasteiger partial charge in [-0.25, -0.2) is 0 Å². The quantitative estimate of drug-likeness (QED) is 0.807. The SMILES string of the molecule is O=C(NCc1ccc2c(c1)CCO2)[C@@]12CC[C@@H](N3CCOCC3)C[C@H]1CCNC2. The highest BCUT2D eigenvalue weighted by atomic mass is 16.5. The van der Waals surface area contributed by atoms with E-state index in [1.165, 1.54) is 11.1 Å². The standard InChI is InChI=1S/C23H33N3O3/c27-22(25-15-17-1-2-21-18(13-17)5-10-29-21)23-6-3-20(26-8-11-28-12-9-26)14-19(23)4-7-24-16-23/h1-2,13,19-20,24H,3-12,14-16H2,(H,25,27)/t19-,20-,23-/m1/s1. The number of ether oxygens (including phenoxy) is 2. The molecular weight excluding hydrogens is 366 g/mol. The second-order valence-corrected chi connectivity index (χ2v) is 9.12. The average molecular weight is 400 g/mol. The van der Waals surface area contributed by atoms with Crippen molar-refractivity contribution in [3.63, 3.8) is 0 Å². The van der Waals surface area contributed by atoms with Gasteiger partial charge in [-0.3, -0.25) is 9.69 Å². The fourth-order valence-electron chi connectivity index (χ4n) is 5.88. The highest BCUT2D eigenvalue weighted by molar-refractivity contribution is 5.83. The van der Waals surface area contributed by atoms with Crippen LogP contribution >= 0.6 is 0 Å². The van der Waals surface area contributed by atoms with E-state index in [0.29, 0.717) is 18.5 Å². The average Bonchev–Trinajstić information content (AvgIpc) is 3.25.